The first-order valence-electron chi connectivity index (χ1n) is 4.88. The molecular weight excluding hydrogens is 188 g/mol. The first-order chi connectivity index (χ1) is 5.97. The molecule has 3 heteroatoms. The predicted molar refractivity (Wildman–Crippen MR) is 54.1 cm³/mol. The van der Waals surface area contributed by atoms with Crippen LogP contribution in [0, 0.1) is 0 Å². The molecule has 0 N–H and O–H groups in total. The normalized spacial score (nSPS) is 32.3. The van der Waals surface area contributed by atoms with Crippen molar-refractivity contribution in [3.63, 3.8) is 0 Å². The van der Waals surface area contributed by atoms with Crippen molar-refractivity contribution in [3.8, 4) is 0 Å². The van der Waals surface area contributed by atoms with Gasteiger partial charge in [-0.2, -0.15) is 0 Å². The Morgan fingerprint density at radius 2 is 1.92 bits per heavy atom. The van der Waals surface area contributed by atoms with Gasteiger partial charge in [-0.15, -0.1) is 11.6 Å². The molecule has 1 rings (SSSR count). The molecule has 1 saturated heterocycles. The van der Waals surface area contributed by atoms with Gasteiger partial charge in [-0.1, -0.05) is 0 Å². The van der Waals surface area contributed by atoms with Gasteiger partial charge >= 0.3 is 0 Å². The van der Waals surface area contributed by atoms with Gasteiger partial charge in [0.15, 0.2) is 5.79 Å². The van der Waals surface area contributed by atoms with Gasteiger partial charge in [-0.05, 0) is 40.0 Å². The van der Waals surface area contributed by atoms with Crippen LogP contribution in [-0.2, 0) is 9.47 Å². The maximum absolute atomic E-state index is 5.82. The van der Waals surface area contributed by atoms with Crippen LogP contribution < -0.4 is 0 Å². The van der Waals surface area contributed by atoms with Gasteiger partial charge in [0.25, 0.3) is 0 Å². The predicted octanol–water partition coefficient (Wildman–Crippen LogP) is 2.94. The SMILES string of the molecule is CC1(CCCCCl)COC(C)(C)O1. The highest BCUT2D eigenvalue weighted by Gasteiger charge is 2.41. The molecule has 2 nitrogen and oxygen atoms in total. The smallest absolute Gasteiger partial charge is 0.163 e. The van der Waals surface area contributed by atoms with Crippen LogP contribution in [0.4, 0.5) is 0 Å². The molecule has 0 aromatic heterocycles. The van der Waals surface area contributed by atoms with Crippen molar-refractivity contribution in [3.05, 3.63) is 0 Å². The highest BCUT2D eigenvalue weighted by molar-refractivity contribution is 6.17. The minimum Gasteiger partial charge on any atom is -0.348 e. The number of hydrogen-bond acceptors (Lipinski definition) is 2. The second-order valence-corrected chi connectivity index (χ2v) is 4.76. The third kappa shape index (κ3) is 3.45. The number of rotatable bonds is 4. The molecule has 13 heavy (non-hydrogen) atoms. The topological polar surface area (TPSA) is 18.5 Å². The van der Waals surface area contributed by atoms with Gasteiger partial charge in [0.2, 0.25) is 0 Å². The third-order valence-corrected chi connectivity index (χ3v) is 2.57. The van der Waals surface area contributed by atoms with Crippen LogP contribution in [0.15, 0.2) is 0 Å². The van der Waals surface area contributed by atoms with Crippen molar-refractivity contribution >= 4 is 11.6 Å². The summed E-state index contributed by atoms with van der Waals surface area (Å²) >= 11 is 5.62. The fourth-order valence-electron chi connectivity index (χ4n) is 1.70. The second-order valence-electron chi connectivity index (χ2n) is 4.39. The molecule has 0 saturated carbocycles. The van der Waals surface area contributed by atoms with E-state index in [1.54, 1.807) is 0 Å². The van der Waals surface area contributed by atoms with Crippen LogP contribution in [-0.4, -0.2) is 23.9 Å². The molecule has 1 atom stereocenters. The molecule has 1 aliphatic heterocycles. The van der Waals surface area contributed by atoms with Crippen molar-refractivity contribution in [1.82, 2.24) is 0 Å². The Morgan fingerprint density at radius 3 is 2.38 bits per heavy atom. The van der Waals surface area contributed by atoms with Gasteiger partial charge in [-0.3, -0.25) is 0 Å². The first-order valence-corrected chi connectivity index (χ1v) is 5.41. The third-order valence-electron chi connectivity index (χ3n) is 2.31. The van der Waals surface area contributed by atoms with E-state index in [1.807, 2.05) is 13.8 Å². The van der Waals surface area contributed by atoms with E-state index in [2.05, 4.69) is 6.92 Å². The van der Waals surface area contributed by atoms with E-state index in [0.29, 0.717) is 6.61 Å². The number of ether oxygens (including phenoxy) is 2. The van der Waals surface area contributed by atoms with E-state index in [9.17, 15) is 0 Å². The Labute approximate surface area is 85.5 Å². The summed E-state index contributed by atoms with van der Waals surface area (Å²) in [6.07, 6.45) is 3.20. The summed E-state index contributed by atoms with van der Waals surface area (Å²) in [5.74, 6) is 0.329. The lowest BCUT2D eigenvalue weighted by Crippen LogP contribution is -2.30. The standard InChI is InChI=1S/C10H19ClO2/c1-9(2)12-8-10(3,13-9)6-4-5-7-11/h4-8H2,1-3H3. The van der Waals surface area contributed by atoms with Gasteiger partial charge < -0.3 is 9.47 Å². The summed E-state index contributed by atoms with van der Waals surface area (Å²) < 4.78 is 11.3. The Morgan fingerprint density at radius 1 is 1.23 bits per heavy atom. The van der Waals surface area contributed by atoms with E-state index in [1.165, 1.54) is 0 Å². The summed E-state index contributed by atoms with van der Waals surface area (Å²) in [6, 6.07) is 0. The van der Waals surface area contributed by atoms with E-state index in [0.717, 1.165) is 25.1 Å². The Balaban J connectivity index is 2.32. The quantitative estimate of drug-likeness (QED) is 0.520. The number of halogens is 1. The molecule has 0 aromatic carbocycles. The second kappa shape index (κ2) is 4.16. The van der Waals surface area contributed by atoms with Crippen molar-refractivity contribution in [2.75, 3.05) is 12.5 Å². The average Bonchev–Trinajstić information content (AvgIpc) is 2.27. The molecule has 0 bridgehead atoms. The highest BCUT2D eigenvalue weighted by atomic mass is 35.5. The largest absolute Gasteiger partial charge is 0.348 e. The Kier molecular flexibility index (Phi) is 3.61. The number of unbranched alkanes of at least 4 members (excludes halogenated alkanes) is 1. The molecule has 1 heterocycles. The summed E-state index contributed by atoms with van der Waals surface area (Å²) in [7, 11) is 0. The van der Waals surface area contributed by atoms with E-state index >= 15 is 0 Å². The monoisotopic (exact) mass is 206 g/mol. The molecule has 0 spiro atoms. The molecule has 1 fully saturated rings. The lowest BCUT2D eigenvalue weighted by molar-refractivity contribution is -0.158. The summed E-state index contributed by atoms with van der Waals surface area (Å²) in [5.41, 5.74) is -0.102. The maximum Gasteiger partial charge on any atom is 0.163 e. The zero-order chi connectivity index (χ0) is 9.95. The van der Waals surface area contributed by atoms with Gasteiger partial charge in [0.05, 0.1) is 12.2 Å². The van der Waals surface area contributed by atoms with E-state index in [-0.39, 0.29) is 5.60 Å². The molecule has 1 unspecified atom stereocenters. The molecule has 0 aromatic rings. The fourth-order valence-corrected chi connectivity index (χ4v) is 1.88. The van der Waals surface area contributed by atoms with Crippen molar-refractivity contribution < 1.29 is 9.47 Å². The Bertz CT molecular complexity index is 170. The van der Waals surface area contributed by atoms with Gasteiger partial charge in [0.1, 0.15) is 0 Å². The van der Waals surface area contributed by atoms with Gasteiger partial charge in [-0.25, -0.2) is 0 Å². The maximum atomic E-state index is 5.82. The number of hydrogen-bond donors (Lipinski definition) is 0. The molecular formula is C10H19ClO2. The van der Waals surface area contributed by atoms with Crippen molar-refractivity contribution in [1.29, 1.82) is 0 Å². The van der Waals surface area contributed by atoms with Crippen LogP contribution >= 0.6 is 11.6 Å². The molecule has 78 valence electrons. The fraction of sp³-hybridized carbons (Fsp3) is 1.00. The number of alkyl halides is 1. The molecule has 1 aliphatic rings. The van der Waals surface area contributed by atoms with E-state index in [4.69, 9.17) is 21.1 Å². The van der Waals surface area contributed by atoms with Crippen LogP contribution in [0.2, 0.25) is 0 Å². The average molecular weight is 207 g/mol. The molecule has 0 radical (unpaired) electrons. The van der Waals surface area contributed by atoms with Crippen molar-refractivity contribution in [2.45, 2.75) is 51.4 Å². The van der Waals surface area contributed by atoms with Crippen LogP contribution in [0.25, 0.3) is 0 Å². The highest BCUT2D eigenvalue weighted by Crippen LogP contribution is 2.33. The molecule has 0 amide bonds. The van der Waals surface area contributed by atoms with Gasteiger partial charge in [0, 0.05) is 5.88 Å². The lowest BCUT2D eigenvalue weighted by Gasteiger charge is -2.24. The minimum atomic E-state index is -0.407. The Hall–Kier alpha value is 0.210. The molecule has 0 aliphatic carbocycles. The minimum absolute atomic E-state index is 0.102. The summed E-state index contributed by atoms with van der Waals surface area (Å²) in [5, 5.41) is 0. The van der Waals surface area contributed by atoms with Crippen LogP contribution in [0.5, 0.6) is 0 Å². The lowest BCUT2D eigenvalue weighted by atomic mass is 10.0. The van der Waals surface area contributed by atoms with E-state index < -0.39 is 5.79 Å². The zero-order valence-electron chi connectivity index (χ0n) is 8.73. The summed E-state index contributed by atoms with van der Waals surface area (Å²) in [4.78, 5) is 0. The van der Waals surface area contributed by atoms with Crippen molar-refractivity contribution in [2.24, 2.45) is 0 Å². The first kappa shape index (κ1) is 11.3. The zero-order valence-corrected chi connectivity index (χ0v) is 9.49. The van der Waals surface area contributed by atoms with Crippen LogP contribution in [0.3, 0.4) is 0 Å². The summed E-state index contributed by atoms with van der Waals surface area (Å²) in [6.45, 7) is 6.72. The van der Waals surface area contributed by atoms with Crippen LogP contribution in [0.1, 0.15) is 40.0 Å².